The summed E-state index contributed by atoms with van der Waals surface area (Å²) in [5, 5.41) is 0. The van der Waals surface area contributed by atoms with Gasteiger partial charge in [-0.2, -0.15) is 0 Å². The monoisotopic (exact) mass is 323 g/mol. The number of fused-ring (bicyclic) bond motifs is 1. The first kappa shape index (κ1) is 15.4. The molecule has 126 valence electrons. The second kappa shape index (κ2) is 6.40. The number of benzene rings is 1. The predicted octanol–water partition coefficient (Wildman–Crippen LogP) is 2.70. The molecule has 24 heavy (non-hydrogen) atoms. The summed E-state index contributed by atoms with van der Waals surface area (Å²) in [6.07, 6.45) is 2.79. The van der Waals surface area contributed by atoms with E-state index in [9.17, 15) is 0 Å². The second-order valence-corrected chi connectivity index (χ2v) is 6.71. The van der Waals surface area contributed by atoms with E-state index in [4.69, 9.17) is 0 Å². The van der Waals surface area contributed by atoms with Crippen LogP contribution < -0.4 is 9.80 Å². The Morgan fingerprint density at radius 3 is 2.58 bits per heavy atom. The first-order valence-electron chi connectivity index (χ1n) is 8.92. The molecule has 5 heteroatoms. The van der Waals surface area contributed by atoms with Gasteiger partial charge in [-0.25, -0.2) is 9.97 Å². The summed E-state index contributed by atoms with van der Waals surface area (Å²) in [5.74, 6) is 2.06. The molecule has 1 aromatic carbocycles. The van der Waals surface area contributed by atoms with Gasteiger partial charge in [0, 0.05) is 44.0 Å². The number of hydrogen-bond donors (Lipinski definition) is 0. The molecule has 0 aliphatic carbocycles. The largest absolute Gasteiger partial charge is 0.354 e. The zero-order chi connectivity index (χ0) is 16.5. The van der Waals surface area contributed by atoms with E-state index in [1.807, 2.05) is 0 Å². The van der Waals surface area contributed by atoms with Crippen LogP contribution in [0, 0.1) is 0 Å². The Morgan fingerprint density at radius 2 is 1.79 bits per heavy atom. The number of rotatable bonds is 3. The third-order valence-corrected chi connectivity index (χ3v) is 5.24. The van der Waals surface area contributed by atoms with Crippen LogP contribution in [0.5, 0.6) is 0 Å². The summed E-state index contributed by atoms with van der Waals surface area (Å²) in [7, 11) is 0. The summed E-state index contributed by atoms with van der Waals surface area (Å²) in [4.78, 5) is 16.3. The zero-order valence-electron chi connectivity index (χ0n) is 14.5. The van der Waals surface area contributed by atoms with Gasteiger partial charge < -0.3 is 14.7 Å². The van der Waals surface area contributed by atoms with Crippen LogP contribution in [-0.2, 0) is 6.42 Å². The SMILES string of the molecule is CCN1CCN(c2cc(N3c4ccccc4CC3C)ncn2)CC1. The molecule has 2 aliphatic heterocycles. The van der Waals surface area contributed by atoms with E-state index in [1.54, 1.807) is 6.33 Å². The zero-order valence-corrected chi connectivity index (χ0v) is 14.5. The first-order chi connectivity index (χ1) is 11.8. The van der Waals surface area contributed by atoms with Crippen LogP contribution in [0.1, 0.15) is 19.4 Å². The van der Waals surface area contributed by atoms with Gasteiger partial charge in [0.25, 0.3) is 0 Å². The fraction of sp³-hybridized carbons (Fsp3) is 0.474. The van der Waals surface area contributed by atoms with Crippen molar-refractivity contribution in [3.05, 3.63) is 42.2 Å². The van der Waals surface area contributed by atoms with E-state index in [1.165, 1.54) is 11.3 Å². The van der Waals surface area contributed by atoms with Crippen LogP contribution >= 0.6 is 0 Å². The van der Waals surface area contributed by atoms with E-state index >= 15 is 0 Å². The highest BCUT2D eigenvalue weighted by Crippen LogP contribution is 2.37. The van der Waals surface area contributed by atoms with Gasteiger partial charge in [0.05, 0.1) is 0 Å². The number of likely N-dealkylation sites (N-methyl/N-ethyl adjacent to an activating group) is 1. The molecule has 1 aromatic heterocycles. The minimum atomic E-state index is 0.432. The lowest BCUT2D eigenvalue weighted by molar-refractivity contribution is 0.270. The van der Waals surface area contributed by atoms with Crippen LogP contribution in [0.25, 0.3) is 0 Å². The van der Waals surface area contributed by atoms with Gasteiger partial charge in [-0.3, -0.25) is 0 Å². The second-order valence-electron chi connectivity index (χ2n) is 6.71. The lowest BCUT2D eigenvalue weighted by Crippen LogP contribution is -2.46. The Balaban J connectivity index is 1.60. The van der Waals surface area contributed by atoms with E-state index in [0.29, 0.717) is 6.04 Å². The Labute approximate surface area is 143 Å². The highest BCUT2D eigenvalue weighted by Gasteiger charge is 2.28. The number of aromatic nitrogens is 2. The highest BCUT2D eigenvalue weighted by atomic mass is 15.3. The van der Waals surface area contributed by atoms with Crippen molar-refractivity contribution < 1.29 is 0 Å². The topological polar surface area (TPSA) is 35.5 Å². The maximum absolute atomic E-state index is 4.57. The highest BCUT2D eigenvalue weighted by molar-refractivity contribution is 5.70. The minimum Gasteiger partial charge on any atom is -0.354 e. The van der Waals surface area contributed by atoms with Gasteiger partial charge in [0.2, 0.25) is 0 Å². The molecule has 0 saturated carbocycles. The maximum atomic E-state index is 4.57. The molecule has 0 radical (unpaired) electrons. The molecule has 0 spiro atoms. The first-order valence-corrected chi connectivity index (χ1v) is 8.92. The molecule has 1 unspecified atom stereocenters. The van der Waals surface area contributed by atoms with Crippen molar-refractivity contribution in [1.29, 1.82) is 0 Å². The van der Waals surface area contributed by atoms with Crippen molar-refractivity contribution in [2.75, 3.05) is 42.5 Å². The Kier molecular flexibility index (Phi) is 4.10. The van der Waals surface area contributed by atoms with E-state index < -0.39 is 0 Å². The normalized spacial score (nSPS) is 21.2. The molecular formula is C19H25N5. The van der Waals surface area contributed by atoms with Crippen molar-refractivity contribution >= 4 is 17.3 Å². The van der Waals surface area contributed by atoms with Crippen LogP contribution in [0.4, 0.5) is 17.3 Å². The van der Waals surface area contributed by atoms with Crippen LogP contribution in [-0.4, -0.2) is 53.6 Å². The van der Waals surface area contributed by atoms with Crippen molar-refractivity contribution in [1.82, 2.24) is 14.9 Å². The van der Waals surface area contributed by atoms with Crippen LogP contribution in [0.2, 0.25) is 0 Å². The summed E-state index contributed by atoms with van der Waals surface area (Å²) in [5.41, 5.74) is 2.69. The summed E-state index contributed by atoms with van der Waals surface area (Å²) in [6, 6.07) is 11.2. The molecule has 0 amide bonds. The molecule has 5 nitrogen and oxygen atoms in total. The Morgan fingerprint density at radius 1 is 1.04 bits per heavy atom. The number of para-hydroxylation sites is 1. The molecule has 2 aromatic rings. The van der Waals surface area contributed by atoms with Crippen molar-refractivity contribution in [3.63, 3.8) is 0 Å². The van der Waals surface area contributed by atoms with Crippen molar-refractivity contribution in [2.24, 2.45) is 0 Å². The van der Waals surface area contributed by atoms with Crippen molar-refractivity contribution in [3.8, 4) is 0 Å². The fourth-order valence-electron chi connectivity index (χ4n) is 3.85. The number of hydrogen-bond acceptors (Lipinski definition) is 5. The molecule has 1 saturated heterocycles. The van der Waals surface area contributed by atoms with Gasteiger partial charge in [0.1, 0.15) is 18.0 Å². The predicted molar refractivity (Wildman–Crippen MR) is 98.1 cm³/mol. The number of anilines is 3. The molecule has 1 atom stereocenters. The van der Waals surface area contributed by atoms with Gasteiger partial charge in [0.15, 0.2) is 0 Å². The summed E-state index contributed by atoms with van der Waals surface area (Å²) in [6.45, 7) is 9.92. The molecule has 0 bridgehead atoms. The van der Waals surface area contributed by atoms with E-state index in [-0.39, 0.29) is 0 Å². The van der Waals surface area contributed by atoms with Gasteiger partial charge in [-0.1, -0.05) is 25.1 Å². The number of nitrogens with zero attached hydrogens (tertiary/aromatic N) is 5. The van der Waals surface area contributed by atoms with Gasteiger partial charge in [-0.15, -0.1) is 0 Å². The van der Waals surface area contributed by atoms with E-state index in [0.717, 1.165) is 50.8 Å². The maximum Gasteiger partial charge on any atom is 0.138 e. The Hall–Kier alpha value is -2.14. The summed E-state index contributed by atoms with van der Waals surface area (Å²) < 4.78 is 0. The average Bonchev–Trinajstić information content (AvgIpc) is 2.97. The molecule has 3 heterocycles. The van der Waals surface area contributed by atoms with Crippen LogP contribution in [0.15, 0.2) is 36.7 Å². The smallest absolute Gasteiger partial charge is 0.138 e. The standard InChI is InChI=1S/C19H25N5/c1-3-22-8-10-23(11-9-22)18-13-19(21-14-20-18)24-15(2)12-16-6-4-5-7-17(16)24/h4-7,13-15H,3,8-12H2,1-2H3. The Bertz CT molecular complexity index is 708. The molecule has 0 N–H and O–H groups in total. The lowest BCUT2D eigenvalue weighted by atomic mass is 10.1. The summed E-state index contributed by atoms with van der Waals surface area (Å²) >= 11 is 0. The minimum absolute atomic E-state index is 0.432. The third kappa shape index (κ3) is 2.73. The molecule has 4 rings (SSSR count). The number of piperazine rings is 1. The molecular weight excluding hydrogens is 298 g/mol. The van der Waals surface area contributed by atoms with Gasteiger partial charge in [-0.05, 0) is 31.5 Å². The fourth-order valence-corrected chi connectivity index (χ4v) is 3.85. The van der Waals surface area contributed by atoms with E-state index in [2.05, 4.69) is 68.8 Å². The quantitative estimate of drug-likeness (QED) is 0.868. The van der Waals surface area contributed by atoms with Gasteiger partial charge >= 0.3 is 0 Å². The lowest BCUT2D eigenvalue weighted by Gasteiger charge is -2.35. The molecule has 2 aliphatic rings. The van der Waals surface area contributed by atoms with Crippen LogP contribution in [0.3, 0.4) is 0 Å². The third-order valence-electron chi connectivity index (χ3n) is 5.24. The van der Waals surface area contributed by atoms with Crippen molar-refractivity contribution in [2.45, 2.75) is 26.3 Å². The average molecular weight is 323 g/mol. The molecule has 1 fully saturated rings.